The Kier molecular flexibility index (Phi) is 9.60. The summed E-state index contributed by atoms with van der Waals surface area (Å²) in [6.07, 6.45) is 4.48. The van der Waals surface area contributed by atoms with Crippen molar-refractivity contribution in [2.24, 2.45) is 0 Å². The fourth-order valence-electron chi connectivity index (χ4n) is 3.89. The van der Waals surface area contributed by atoms with Crippen molar-refractivity contribution in [3.8, 4) is 22.8 Å². The molecule has 0 radical (unpaired) electrons. The van der Waals surface area contributed by atoms with Crippen LogP contribution in [0.5, 0.6) is 11.6 Å². The molecule has 1 aliphatic heterocycles. The molecule has 1 fully saturated rings. The lowest BCUT2D eigenvalue weighted by atomic mass is 10.1. The molecule has 2 amide bonds. The number of aromatic amines is 1. The molecule has 3 N–H and O–H groups in total. The molecule has 4 heterocycles. The van der Waals surface area contributed by atoms with Gasteiger partial charge >= 0.3 is 6.03 Å². The normalized spacial score (nSPS) is 14.0. The Labute approximate surface area is 215 Å². The lowest BCUT2D eigenvalue weighted by Crippen LogP contribution is -2.47. The Bertz CT molecular complexity index is 1190. The Hall–Kier alpha value is -3.70. The summed E-state index contributed by atoms with van der Waals surface area (Å²) in [4.78, 5) is 28.4. The first-order valence-corrected chi connectivity index (χ1v) is 11.7. The van der Waals surface area contributed by atoms with Crippen LogP contribution in [0.4, 0.5) is 15.0 Å². The van der Waals surface area contributed by atoms with Crippen molar-refractivity contribution in [2.45, 2.75) is 6.92 Å². The van der Waals surface area contributed by atoms with Crippen molar-refractivity contribution in [2.75, 3.05) is 65.9 Å². The van der Waals surface area contributed by atoms with E-state index >= 15 is 0 Å². The summed E-state index contributed by atoms with van der Waals surface area (Å²) in [5, 5.41) is 6.33. The van der Waals surface area contributed by atoms with Gasteiger partial charge in [-0.2, -0.15) is 0 Å². The Morgan fingerprint density at radius 3 is 2.67 bits per heavy atom. The number of nitrogens with zero attached hydrogens (tertiary/aromatic N) is 4. The number of carbonyl (C=O) groups excluding carboxylic acids is 1. The molecule has 4 rings (SSSR count). The van der Waals surface area contributed by atoms with E-state index in [0.717, 1.165) is 38.9 Å². The van der Waals surface area contributed by atoms with Gasteiger partial charge < -0.3 is 24.7 Å². The number of piperazine rings is 1. The topological polar surface area (TPSA) is 108 Å². The number of amides is 2. The molecule has 0 aromatic carbocycles. The largest absolute Gasteiger partial charge is 0.493 e. The number of hydrogen-bond donors (Lipinski definition) is 3. The number of likely N-dealkylation sites (N-methyl/N-ethyl adjacent to an activating group) is 1. The number of carbonyl (C=O) groups is 1. The van der Waals surface area contributed by atoms with Crippen LogP contribution in [0.2, 0.25) is 0 Å². The molecule has 0 unspecified atom stereocenters. The van der Waals surface area contributed by atoms with Gasteiger partial charge in [-0.25, -0.2) is 19.2 Å². The van der Waals surface area contributed by atoms with Crippen molar-refractivity contribution < 1.29 is 22.9 Å². The number of hydrogen-bond acceptors (Lipinski definition) is 7. The lowest BCUT2D eigenvalue weighted by Gasteiger charge is -2.32. The molecule has 200 valence electrons. The van der Waals surface area contributed by atoms with Crippen molar-refractivity contribution in [1.82, 2.24) is 30.1 Å². The van der Waals surface area contributed by atoms with Gasteiger partial charge in [0.05, 0.1) is 26.0 Å². The Morgan fingerprint density at radius 2 is 2.00 bits per heavy atom. The third-order valence-electron chi connectivity index (χ3n) is 5.71. The fraction of sp³-hybridized carbons (Fsp3) is 0.400. The molecule has 0 aliphatic carbocycles. The van der Waals surface area contributed by atoms with Crippen LogP contribution in [-0.2, 0) is 0 Å². The Balaban J connectivity index is 0.00000230. The molecule has 0 saturated carbocycles. The van der Waals surface area contributed by atoms with Crippen molar-refractivity contribution in [3.63, 3.8) is 0 Å². The van der Waals surface area contributed by atoms with E-state index in [4.69, 9.17) is 9.47 Å². The summed E-state index contributed by atoms with van der Waals surface area (Å²) in [5.41, 5.74) is 1.53. The second-order valence-electron chi connectivity index (χ2n) is 8.25. The van der Waals surface area contributed by atoms with Crippen molar-refractivity contribution in [3.05, 3.63) is 43.0 Å². The van der Waals surface area contributed by atoms with Crippen LogP contribution in [0.3, 0.4) is 0 Å². The molecule has 1 aliphatic rings. The maximum atomic E-state index is 14.3. The standard InChI is InChI=1S/C22H28FN7O3.C3H6.3H2/c1-29-8-10-30(11-9-29)7-6-24-22(31)28-17-5-4-14-15(12-25-20(14)27-17)18-19(32-2)16(23)13-26-21(18)33-3;1-3-2;;;/h4-5,12-13H,6-11H2,1-3H3,(H3,24,25,27,28,31);3H,1H2,2H3;3*1H. The van der Waals surface area contributed by atoms with Crippen LogP contribution < -0.4 is 20.1 Å². The molecule has 10 nitrogen and oxygen atoms in total. The van der Waals surface area contributed by atoms with Gasteiger partial charge in [-0.15, -0.1) is 6.58 Å². The number of anilines is 1. The summed E-state index contributed by atoms with van der Waals surface area (Å²) < 4.78 is 24.8. The number of fused-ring (bicyclic) bond motifs is 1. The maximum Gasteiger partial charge on any atom is 0.320 e. The van der Waals surface area contributed by atoms with Gasteiger partial charge in [0.1, 0.15) is 11.5 Å². The van der Waals surface area contributed by atoms with Gasteiger partial charge in [-0.05, 0) is 26.1 Å². The molecule has 36 heavy (non-hydrogen) atoms. The van der Waals surface area contributed by atoms with E-state index in [-0.39, 0.29) is 21.9 Å². The zero-order valence-corrected chi connectivity index (χ0v) is 21.2. The third-order valence-corrected chi connectivity index (χ3v) is 5.71. The minimum absolute atomic E-state index is 0. The number of ether oxygens (including phenoxy) is 2. The molecule has 0 atom stereocenters. The zero-order chi connectivity index (χ0) is 26.1. The number of urea groups is 1. The summed E-state index contributed by atoms with van der Waals surface area (Å²) in [5.74, 6) is 0.0622. The molecule has 11 heteroatoms. The number of halogens is 1. The SMILES string of the molecule is C=CC.COc1ncc(F)c(OC)c1-c1c[nH]c2nc(NC(=O)NCCN3CCN(C)CC3)ccc12.[HH].[HH].[HH]. The van der Waals surface area contributed by atoms with Crippen LogP contribution in [0.15, 0.2) is 37.2 Å². The number of pyridine rings is 2. The highest BCUT2D eigenvalue weighted by Gasteiger charge is 2.22. The van der Waals surface area contributed by atoms with Crippen molar-refractivity contribution >= 4 is 22.9 Å². The molecule has 0 bridgehead atoms. The minimum atomic E-state index is -0.595. The highest BCUT2D eigenvalue weighted by atomic mass is 19.1. The van der Waals surface area contributed by atoms with Gasteiger partial charge in [0.25, 0.3) is 0 Å². The lowest BCUT2D eigenvalue weighted by molar-refractivity contribution is 0.155. The predicted octanol–water partition coefficient (Wildman–Crippen LogP) is 4.08. The molecule has 0 spiro atoms. The second kappa shape index (κ2) is 12.8. The van der Waals surface area contributed by atoms with Crippen LogP contribution in [0, 0.1) is 5.82 Å². The Morgan fingerprint density at radius 1 is 1.28 bits per heavy atom. The molecular formula is C25H40FN7O3. The smallest absolute Gasteiger partial charge is 0.320 e. The summed E-state index contributed by atoms with van der Waals surface area (Å²) in [6.45, 7) is 10.7. The van der Waals surface area contributed by atoms with Gasteiger partial charge in [0, 0.05) is 60.7 Å². The monoisotopic (exact) mass is 505 g/mol. The molecule has 1 saturated heterocycles. The second-order valence-corrected chi connectivity index (χ2v) is 8.25. The van der Waals surface area contributed by atoms with E-state index in [0.29, 0.717) is 34.5 Å². The van der Waals surface area contributed by atoms with E-state index < -0.39 is 5.82 Å². The molecule has 3 aromatic heterocycles. The fourth-order valence-corrected chi connectivity index (χ4v) is 3.89. The predicted molar refractivity (Wildman–Crippen MR) is 146 cm³/mol. The summed E-state index contributed by atoms with van der Waals surface area (Å²) >= 11 is 0. The molecule has 3 aromatic rings. The third kappa shape index (κ3) is 6.49. The van der Waals surface area contributed by atoms with E-state index in [2.05, 4.69) is 49.0 Å². The van der Waals surface area contributed by atoms with Crippen LogP contribution in [0.1, 0.15) is 11.2 Å². The van der Waals surface area contributed by atoms with Crippen LogP contribution >= 0.6 is 0 Å². The van der Waals surface area contributed by atoms with Crippen LogP contribution in [-0.4, -0.2) is 91.3 Å². The number of allylic oxidation sites excluding steroid dienone is 1. The number of H-pyrrole nitrogens is 1. The first kappa shape index (κ1) is 26.9. The van der Waals surface area contributed by atoms with Gasteiger partial charge in [-0.1, -0.05) is 6.08 Å². The minimum Gasteiger partial charge on any atom is -0.493 e. The highest BCUT2D eigenvalue weighted by Crippen LogP contribution is 2.41. The number of methoxy groups -OCH3 is 2. The maximum absolute atomic E-state index is 14.3. The number of aromatic nitrogens is 3. The van der Waals surface area contributed by atoms with E-state index in [9.17, 15) is 9.18 Å². The summed E-state index contributed by atoms with van der Waals surface area (Å²) in [6, 6.07) is 3.16. The van der Waals surface area contributed by atoms with Crippen molar-refractivity contribution in [1.29, 1.82) is 0 Å². The zero-order valence-electron chi connectivity index (χ0n) is 21.2. The van der Waals surface area contributed by atoms with E-state index in [1.165, 1.54) is 14.2 Å². The number of rotatable bonds is 7. The van der Waals surface area contributed by atoms with E-state index in [1.807, 2.05) is 6.92 Å². The van der Waals surface area contributed by atoms with Gasteiger partial charge in [-0.3, -0.25) is 10.2 Å². The first-order chi connectivity index (χ1) is 17.4. The first-order valence-electron chi connectivity index (χ1n) is 11.7. The molecular weight excluding hydrogens is 465 g/mol. The average Bonchev–Trinajstić information content (AvgIpc) is 3.28. The van der Waals surface area contributed by atoms with Gasteiger partial charge in [0.2, 0.25) is 5.88 Å². The average molecular weight is 506 g/mol. The highest BCUT2D eigenvalue weighted by molar-refractivity contribution is 5.98. The quantitative estimate of drug-likeness (QED) is 0.415. The van der Waals surface area contributed by atoms with Crippen LogP contribution in [0.25, 0.3) is 22.2 Å². The number of nitrogens with one attached hydrogen (secondary N) is 3. The van der Waals surface area contributed by atoms with Gasteiger partial charge in [0.15, 0.2) is 11.6 Å². The van der Waals surface area contributed by atoms with E-state index in [1.54, 1.807) is 24.4 Å². The summed E-state index contributed by atoms with van der Waals surface area (Å²) in [7, 11) is 4.96.